The van der Waals surface area contributed by atoms with Crippen molar-refractivity contribution in [3.05, 3.63) is 44.4 Å². The van der Waals surface area contributed by atoms with E-state index in [-0.39, 0.29) is 5.92 Å². The molecule has 1 aromatic heterocycles. The van der Waals surface area contributed by atoms with Crippen LogP contribution in [-0.4, -0.2) is 11.5 Å². The number of nitrogens with one attached hydrogen (secondary N) is 1. The van der Waals surface area contributed by atoms with Gasteiger partial charge < -0.3 is 5.32 Å². The summed E-state index contributed by atoms with van der Waals surface area (Å²) < 4.78 is 0. The van der Waals surface area contributed by atoms with Gasteiger partial charge in [-0.1, -0.05) is 36.2 Å². The first-order chi connectivity index (χ1) is 8.99. The highest BCUT2D eigenvalue weighted by molar-refractivity contribution is 7.15. The summed E-state index contributed by atoms with van der Waals surface area (Å²) in [6.45, 7) is 6.96. The predicted molar refractivity (Wildman–Crippen MR) is 85.0 cm³/mol. The molecule has 0 fully saturated rings. The molecular formula is C14H16Cl2N2S. The fourth-order valence-corrected chi connectivity index (χ4v) is 3.46. The number of anilines is 1. The average molecular weight is 315 g/mol. The molecule has 102 valence electrons. The van der Waals surface area contributed by atoms with Gasteiger partial charge in [0, 0.05) is 27.4 Å². The number of halogens is 2. The molecule has 19 heavy (non-hydrogen) atoms. The van der Waals surface area contributed by atoms with Crippen molar-refractivity contribution in [3.63, 3.8) is 0 Å². The molecule has 0 aliphatic carbocycles. The summed E-state index contributed by atoms with van der Waals surface area (Å²) in [6, 6.07) is 5.61. The molecule has 5 heteroatoms. The number of aromatic nitrogens is 1. The summed E-state index contributed by atoms with van der Waals surface area (Å²) in [5, 5.41) is 5.73. The lowest BCUT2D eigenvalue weighted by Crippen LogP contribution is -2.10. The maximum absolute atomic E-state index is 6.21. The van der Waals surface area contributed by atoms with Crippen LogP contribution in [0.15, 0.2) is 18.2 Å². The van der Waals surface area contributed by atoms with Gasteiger partial charge in [0.05, 0.1) is 5.69 Å². The zero-order chi connectivity index (χ0) is 14.0. The fourth-order valence-electron chi connectivity index (χ4n) is 1.87. The summed E-state index contributed by atoms with van der Waals surface area (Å²) >= 11 is 14.1. The van der Waals surface area contributed by atoms with Gasteiger partial charge in [0.15, 0.2) is 5.13 Å². The summed E-state index contributed by atoms with van der Waals surface area (Å²) in [7, 11) is 0. The summed E-state index contributed by atoms with van der Waals surface area (Å²) in [5.41, 5.74) is 2.07. The van der Waals surface area contributed by atoms with E-state index in [2.05, 4.69) is 24.1 Å². The van der Waals surface area contributed by atoms with Crippen molar-refractivity contribution >= 4 is 39.7 Å². The van der Waals surface area contributed by atoms with E-state index in [0.717, 1.165) is 22.9 Å². The lowest BCUT2D eigenvalue weighted by molar-refractivity contribution is 0.804. The molecule has 0 radical (unpaired) electrons. The third kappa shape index (κ3) is 3.41. The van der Waals surface area contributed by atoms with Gasteiger partial charge in [-0.15, -0.1) is 11.3 Å². The Balaban J connectivity index is 2.07. The van der Waals surface area contributed by atoms with E-state index in [4.69, 9.17) is 23.2 Å². The second-order valence-corrected chi connectivity index (χ2v) is 6.60. The Hall–Kier alpha value is -0.770. The zero-order valence-electron chi connectivity index (χ0n) is 11.1. The number of hydrogen-bond donors (Lipinski definition) is 1. The molecule has 0 amide bonds. The van der Waals surface area contributed by atoms with Gasteiger partial charge in [0.25, 0.3) is 0 Å². The minimum absolute atomic E-state index is 0.228. The Kier molecular flexibility index (Phi) is 4.71. The number of benzene rings is 1. The molecular weight excluding hydrogens is 299 g/mol. The van der Waals surface area contributed by atoms with Crippen LogP contribution in [-0.2, 0) is 0 Å². The molecule has 1 unspecified atom stereocenters. The molecule has 2 rings (SSSR count). The molecule has 0 aliphatic heterocycles. The highest BCUT2D eigenvalue weighted by Gasteiger charge is 2.14. The lowest BCUT2D eigenvalue weighted by atomic mass is 10.0. The topological polar surface area (TPSA) is 24.9 Å². The minimum Gasteiger partial charge on any atom is -0.361 e. The monoisotopic (exact) mass is 314 g/mol. The minimum atomic E-state index is 0.228. The maximum Gasteiger partial charge on any atom is 0.183 e. The van der Waals surface area contributed by atoms with E-state index in [1.54, 1.807) is 11.3 Å². The average Bonchev–Trinajstić information content (AvgIpc) is 2.66. The van der Waals surface area contributed by atoms with E-state index >= 15 is 0 Å². The molecule has 0 bridgehead atoms. The molecule has 0 saturated carbocycles. The lowest BCUT2D eigenvalue weighted by Gasteiger charge is -2.15. The summed E-state index contributed by atoms with van der Waals surface area (Å²) in [5.74, 6) is 0.228. The fraction of sp³-hybridized carbons (Fsp3) is 0.357. The third-order valence-corrected chi connectivity index (χ3v) is 4.77. The molecule has 1 heterocycles. The van der Waals surface area contributed by atoms with Crippen LogP contribution in [0.4, 0.5) is 5.13 Å². The van der Waals surface area contributed by atoms with Crippen LogP contribution in [0.5, 0.6) is 0 Å². The van der Waals surface area contributed by atoms with E-state index in [1.807, 2.05) is 25.1 Å². The second-order valence-electron chi connectivity index (χ2n) is 4.58. The van der Waals surface area contributed by atoms with Gasteiger partial charge in [-0.2, -0.15) is 0 Å². The normalized spacial score (nSPS) is 12.5. The predicted octanol–water partition coefficient (Wildman–Crippen LogP) is 5.28. The Morgan fingerprint density at radius 3 is 2.42 bits per heavy atom. The smallest absolute Gasteiger partial charge is 0.183 e. The molecule has 2 aromatic rings. The van der Waals surface area contributed by atoms with Crippen LogP contribution in [0, 0.1) is 13.8 Å². The van der Waals surface area contributed by atoms with E-state index in [0.29, 0.717) is 10.0 Å². The number of nitrogens with zero attached hydrogens (tertiary/aromatic N) is 1. The van der Waals surface area contributed by atoms with Gasteiger partial charge in [0.1, 0.15) is 0 Å². The van der Waals surface area contributed by atoms with Crippen molar-refractivity contribution in [1.82, 2.24) is 4.98 Å². The number of thiazole rings is 1. The van der Waals surface area contributed by atoms with Crippen molar-refractivity contribution in [2.24, 2.45) is 0 Å². The highest BCUT2D eigenvalue weighted by Crippen LogP contribution is 2.32. The first-order valence-corrected chi connectivity index (χ1v) is 7.68. The van der Waals surface area contributed by atoms with Gasteiger partial charge >= 0.3 is 0 Å². The number of aryl methyl sites for hydroxylation is 2. The molecule has 0 spiro atoms. The highest BCUT2D eigenvalue weighted by atomic mass is 35.5. The van der Waals surface area contributed by atoms with E-state index in [1.165, 1.54) is 4.88 Å². The van der Waals surface area contributed by atoms with Crippen LogP contribution in [0.25, 0.3) is 0 Å². The quantitative estimate of drug-likeness (QED) is 0.830. The Labute approximate surface area is 127 Å². The van der Waals surface area contributed by atoms with Crippen molar-refractivity contribution in [3.8, 4) is 0 Å². The molecule has 1 aromatic carbocycles. The zero-order valence-corrected chi connectivity index (χ0v) is 13.5. The summed E-state index contributed by atoms with van der Waals surface area (Å²) in [4.78, 5) is 5.70. The number of hydrogen-bond acceptors (Lipinski definition) is 3. The van der Waals surface area contributed by atoms with Crippen LogP contribution in [0.3, 0.4) is 0 Å². The molecule has 2 nitrogen and oxygen atoms in total. The third-order valence-electron chi connectivity index (χ3n) is 3.08. The van der Waals surface area contributed by atoms with Gasteiger partial charge in [-0.3, -0.25) is 0 Å². The van der Waals surface area contributed by atoms with Crippen LogP contribution in [0.2, 0.25) is 10.0 Å². The number of rotatable bonds is 4. The van der Waals surface area contributed by atoms with Crippen molar-refractivity contribution in [2.45, 2.75) is 26.7 Å². The SMILES string of the molecule is Cc1nc(NCC(C)c2c(Cl)cccc2Cl)sc1C. The maximum atomic E-state index is 6.21. The largest absolute Gasteiger partial charge is 0.361 e. The Morgan fingerprint density at radius 2 is 1.89 bits per heavy atom. The molecule has 1 N–H and O–H groups in total. The molecule has 0 saturated heterocycles. The standard InChI is InChI=1S/C14H16Cl2N2S/c1-8(13-11(15)5-4-6-12(13)16)7-17-14-18-9(2)10(3)19-14/h4-6,8H,7H2,1-3H3,(H,17,18). The van der Waals surface area contributed by atoms with Crippen LogP contribution >= 0.6 is 34.5 Å². The molecule has 0 aliphatic rings. The first kappa shape index (κ1) is 14.6. The summed E-state index contributed by atoms with van der Waals surface area (Å²) in [6.07, 6.45) is 0. The van der Waals surface area contributed by atoms with Crippen molar-refractivity contribution < 1.29 is 0 Å². The van der Waals surface area contributed by atoms with E-state index < -0.39 is 0 Å². The van der Waals surface area contributed by atoms with E-state index in [9.17, 15) is 0 Å². The second kappa shape index (κ2) is 6.12. The van der Waals surface area contributed by atoms with Crippen molar-refractivity contribution in [2.75, 3.05) is 11.9 Å². The van der Waals surface area contributed by atoms with Crippen LogP contribution < -0.4 is 5.32 Å². The Morgan fingerprint density at radius 1 is 1.26 bits per heavy atom. The van der Waals surface area contributed by atoms with Gasteiger partial charge in [-0.05, 0) is 31.5 Å². The van der Waals surface area contributed by atoms with Crippen molar-refractivity contribution in [1.29, 1.82) is 0 Å². The van der Waals surface area contributed by atoms with Gasteiger partial charge in [0.2, 0.25) is 0 Å². The van der Waals surface area contributed by atoms with Gasteiger partial charge in [-0.25, -0.2) is 4.98 Å². The Bertz CT molecular complexity index is 541. The van der Waals surface area contributed by atoms with Crippen LogP contribution in [0.1, 0.15) is 29.0 Å². The molecule has 1 atom stereocenters. The first-order valence-electron chi connectivity index (χ1n) is 6.11.